The maximum atomic E-state index is 11.9. The average molecular weight is 279 g/mol. The zero-order valence-electron chi connectivity index (χ0n) is 12.6. The lowest BCUT2D eigenvalue weighted by Gasteiger charge is -2.21. The predicted molar refractivity (Wildman–Crippen MR) is 76.7 cm³/mol. The van der Waals surface area contributed by atoms with Crippen LogP contribution in [0.15, 0.2) is 12.1 Å². The number of pyridine rings is 1. The molecule has 0 fully saturated rings. The van der Waals surface area contributed by atoms with Gasteiger partial charge < -0.3 is 15.0 Å². The van der Waals surface area contributed by atoms with Crippen LogP contribution in [0.2, 0.25) is 0 Å². The van der Waals surface area contributed by atoms with Crippen molar-refractivity contribution < 1.29 is 14.3 Å². The van der Waals surface area contributed by atoms with Crippen LogP contribution in [-0.2, 0) is 9.53 Å². The molecule has 1 heterocycles. The second-order valence-corrected chi connectivity index (χ2v) is 4.54. The lowest BCUT2D eigenvalue weighted by molar-refractivity contribution is -0.130. The highest BCUT2D eigenvalue weighted by molar-refractivity contribution is 5.90. The van der Waals surface area contributed by atoms with Gasteiger partial charge in [-0.2, -0.15) is 0 Å². The smallest absolute Gasteiger partial charge is 0.339 e. The van der Waals surface area contributed by atoms with Crippen LogP contribution in [0.4, 0.5) is 5.82 Å². The number of aromatic nitrogens is 1. The summed E-state index contributed by atoms with van der Waals surface area (Å²) in [6.07, 6.45) is 0. The van der Waals surface area contributed by atoms with Crippen molar-refractivity contribution in [1.82, 2.24) is 9.88 Å². The second kappa shape index (κ2) is 6.88. The van der Waals surface area contributed by atoms with Crippen molar-refractivity contribution in [2.24, 2.45) is 0 Å². The quantitative estimate of drug-likeness (QED) is 0.826. The van der Waals surface area contributed by atoms with Gasteiger partial charge in [-0.25, -0.2) is 9.78 Å². The van der Waals surface area contributed by atoms with Gasteiger partial charge in [-0.3, -0.25) is 4.79 Å². The number of methoxy groups -OCH3 is 1. The number of rotatable bonds is 5. The summed E-state index contributed by atoms with van der Waals surface area (Å²) >= 11 is 0. The highest BCUT2D eigenvalue weighted by atomic mass is 16.5. The molecule has 0 aromatic carbocycles. The molecule has 1 rings (SSSR count). The van der Waals surface area contributed by atoms with Gasteiger partial charge in [-0.05, 0) is 32.9 Å². The van der Waals surface area contributed by atoms with Crippen LogP contribution in [0.1, 0.15) is 29.9 Å². The molecule has 110 valence electrons. The van der Waals surface area contributed by atoms with Gasteiger partial charge in [0.2, 0.25) is 5.91 Å². The molecule has 1 N–H and O–H groups in total. The topological polar surface area (TPSA) is 71.5 Å². The monoisotopic (exact) mass is 279 g/mol. The van der Waals surface area contributed by atoms with Crippen LogP contribution in [0.3, 0.4) is 0 Å². The Morgan fingerprint density at radius 3 is 2.60 bits per heavy atom. The summed E-state index contributed by atoms with van der Waals surface area (Å²) in [6, 6.07) is 2.92. The van der Waals surface area contributed by atoms with Crippen molar-refractivity contribution in [3.8, 4) is 0 Å². The Hall–Kier alpha value is -2.11. The number of carbonyl (C=O) groups is 2. The van der Waals surface area contributed by atoms with Crippen molar-refractivity contribution in [2.75, 3.05) is 26.0 Å². The number of hydrogen-bond donors (Lipinski definition) is 1. The molecule has 1 amide bonds. The SMILES string of the molecule is CCN(C)C(=O)C(C)Nc1ccc(C(=O)OC)c(C)n1. The van der Waals surface area contributed by atoms with Gasteiger partial charge in [0.05, 0.1) is 18.4 Å². The summed E-state index contributed by atoms with van der Waals surface area (Å²) in [5.74, 6) is 0.126. The standard InChI is InChI=1S/C14H21N3O3/c1-6-17(4)13(18)10(3)16-12-8-7-11(9(2)15-12)14(19)20-5/h7-8,10H,6H2,1-5H3,(H,15,16). The Morgan fingerprint density at radius 1 is 1.45 bits per heavy atom. The molecule has 1 aromatic heterocycles. The predicted octanol–water partition coefficient (Wildman–Crippen LogP) is 1.46. The van der Waals surface area contributed by atoms with Gasteiger partial charge in [0.15, 0.2) is 0 Å². The Labute approximate surface area is 119 Å². The molecule has 1 unspecified atom stereocenters. The average Bonchev–Trinajstić information content (AvgIpc) is 2.44. The highest BCUT2D eigenvalue weighted by Crippen LogP contribution is 2.13. The Bertz CT molecular complexity index is 502. The zero-order valence-corrected chi connectivity index (χ0v) is 12.6. The summed E-state index contributed by atoms with van der Waals surface area (Å²) in [7, 11) is 3.08. The first kappa shape index (κ1) is 15.9. The van der Waals surface area contributed by atoms with Crippen molar-refractivity contribution >= 4 is 17.7 Å². The van der Waals surface area contributed by atoms with E-state index in [4.69, 9.17) is 0 Å². The molecular formula is C14H21N3O3. The minimum atomic E-state index is -0.420. The van der Waals surface area contributed by atoms with E-state index in [0.29, 0.717) is 23.6 Å². The first-order valence-corrected chi connectivity index (χ1v) is 6.48. The van der Waals surface area contributed by atoms with Gasteiger partial charge in [-0.1, -0.05) is 0 Å². The number of amides is 1. The van der Waals surface area contributed by atoms with E-state index in [1.54, 1.807) is 37.9 Å². The van der Waals surface area contributed by atoms with E-state index in [9.17, 15) is 9.59 Å². The zero-order chi connectivity index (χ0) is 15.3. The van der Waals surface area contributed by atoms with Gasteiger partial charge in [-0.15, -0.1) is 0 Å². The minimum Gasteiger partial charge on any atom is -0.465 e. The minimum absolute atomic E-state index is 0.0102. The van der Waals surface area contributed by atoms with Crippen LogP contribution >= 0.6 is 0 Å². The lowest BCUT2D eigenvalue weighted by atomic mass is 10.2. The van der Waals surface area contributed by atoms with Crippen LogP contribution < -0.4 is 5.32 Å². The number of likely N-dealkylation sites (N-methyl/N-ethyl adjacent to an activating group) is 1. The first-order chi connectivity index (χ1) is 9.40. The summed E-state index contributed by atoms with van der Waals surface area (Å²) in [6.45, 7) is 6.07. The number of nitrogens with one attached hydrogen (secondary N) is 1. The van der Waals surface area contributed by atoms with E-state index >= 15 is 0 Å². The third kappa shape index (κ3) is 3.69. The van der Waals surface area contributed by atoms with Crippen LogP contribution in [0.25, 0.3) is 0 Å². The number of ether oxygens (including phenoxy) is 1. The van der Waals surface area contributed by atoms with E-state index in [1.807, 2.05) is 6.92 Å². The Kier molecular flexibility index (Phi) is 5.49. The maximum absolute atomic E-state index is 11.9. The van der Waals surface area contributed by atoms with Crippen molar-refractivity contribution in [3.05, 3.63) is 23.4 Å². The number of anilines is 1. The van der Waals surface area contributed by atoms with Gasteiger partial charge in [0.1, 0.15) is 11.9 Å². The van der Waals surface area contributed by atoms with Crippen LogP contribution in [-0.4, -0.2) is 48.5 Å². The molecule has 0 aliphatic carbocycles. The van der Waals surface area contributed by atoms with E-state index in [1.165, 1.54) is 7.11 Å². The van der Waals surface area contributed by atoms with Gasteiger partial charge >= 0.3 is 5.97 Å². The molecule has 1 atom stereocenters. The second-order valence-electron chi connectivity index (χ2n) is 4.54. The molecule has 0 bridgehead atoms. The number of esters is 1. The maximum Gasteiger partial charge on any atom is 0.339 e. The highest BCUT2D eigenvalue weighted by Gasteiger charge is 2.17. The Morgan fingerprint density at radius 2 is 2.10 bits per heavy atom. The molecule has 0 saturated carbocycles. The van der Waals surface area contributed by atoms with Crippen LogP contribution in [0.5, 0.6) is 0 Å². The molecule has 0 aliphatic rings. The molecule has 6 heteroatoms. The summed E-state index contributed by atoms with van der Waals surface area (Å²) in [5.41, 5.74) is 0.980. The third-order valence-electron chi connectivity index (χ3n) is 3.08. The lowest BCUT2D eigenvalue weighted by Crippen LogP contribution is -2.39. The molecular weight excluding hydrogens is 258 g/mol. The number of aryl methyl sites for hydroxylation is 1. The number of nitrogens with zero attached hydrogens (tertiary/aromatic N) is 2. The molecule has 20 heavy (non-hydrogen) atoms. The number of hydrogen-bond acceptors (Lipinski definition) is 5. The van der Waals surface area contributed by atoms with Gasteiger partial charge in [0.25, 0.3) is 0 Å². The molecule has 0 saturated heterocycles. The largest absolute Gasteiger partial charge is 0.465 e. The fraction of sp³-hybridized carbons (Fsp3) is 0.500. The van der Waals surface area contributed by atoms with Gasteiger partial charge in [0, 0.05) is 13.6 Å². The first-order valence-electron chi connectivity index (χ1n) is 6.48. The molecule has 6 nitrogen and oxygen atoms in total. The van der Waals surface area contributed by atoms with E-state index in [-0.39, 0.29) is 11.9 Å². The summed E-state index contributed by atoms with van der Waals surface area (Å²) in [5, 5.41) is 3.03. The van der Waals surface area contributed by atoms with Crippen molar-refractivity contribution in [1.29, 1.82) is 0 Å². The molecule has 1 aromatic rings. The molecule has 0 aliphatic heterocycles. The molecule has 0 spiro atoms. The number of carbonyl (C=O) groups excluding carboxylic acids is 2. The fourth-order valence-corrected chi connectivity index (χ4v) is 1.74. The summed E-state index contributed by atoms with van der Waals surface area (Å²) in [4.78, 5) is 29.3. The third-order valence-corrected chi connectivity index (χ3v) is 3.08. The van der Waals surface area contributed by atoms with E-state index in [2.05, 4.69) is 15.0 Å². The Balaban J connectivity index is 2.82. The van der Waals surface area contributed by atoms with Crippen molar-refractivity contribution in [2.45, 2.75) is 26.8 Å². The normalized spacial score (nSPS) is 11.7. The van der Waals surface area contributed by atoms with Crippen LogP contribution in [0, 0.1) is 6.92 Å². The summed E-state index contributed by atoms with van der Waals surface area (Å²) < 4.78 is 4.66. The van der Waals surface area contributed by atoms with Crippen molar-refractivity contribution in [3.63, 3.8) is 0 Å². The fourth-order valence-electron chi connectivity index (χ4n) is 1.74. The van der Waals surface area contributed by atoms with E-state index in [0.717, 1.165) is 0 Å². The molecule has 0 radical (unpaired) electrons. The van der Waals surface area contributed by atoms with E-state index < -0.39 is 5.97 Å².